The summed E-state index contributed by atoms with van der Waals surface area (Å²) in [6.45, 7) is 1.97. The van der Waals surface area contributed by atoms with Gasteiger partial charge in [-0.25, -0.2) is 23.4 Å². The molecule has 1 saturated heterocycles. The van der Waals surface area contributed by atoms with Crippen LogP contribution in [0.4, 0.5) is 8.78 Å². The highest BCUT2D eigenvalue weighted by atomic mass is 79.9. The van der Waals surface area contributed by atoms with E-state index in [9.17, 15) is 18.4 Å². The molecule has 3 atom stereocenters. The summed E-state index contributed by atoms with van der Waals surface area (Å²) in [5, 5.41) is 14.7. The number of carbonyl (C=O) groups is 2. The number of benzene rings is 1. The van der Waals surface area contributed by atoms with Crippen LogP contribution in [-0.4, -0.2) is 64.7 Å². The Kier molecular flexibility index (Phi) is 8.83. The van der Waals surface area contributed by atoms with Gasteiger partial charge in [-0.15, -0.1) is 11.3 Å². The predicted octanol–water partition coefficient (Wildman–Crippen LogP) is 4.40. The maximum Gasteiger partial charge on any atom is 0.338 e. The Hall–Kier alpha value is -2.96. The first-order valence-electron chi connectivity index (χ1n) is 11.7. The molecule has 0 amide bonds. The zero-order valence-corrected chi connectivity index (χ0v) is 22.3. The normalized spacial score (nSPS) is 22.6. The molecule has 2 aromatic rings. The van der Waals surface area contributed by atoms with E-state index < -0.39 is 30.0 Å². The van der Waals surface area contributed by atoms with E-state index in [0.29, 0.717) is 39.4 Å². The minimum absolute atomic E-state index is 0.0601. The van der Waals surface area contributed by atoms with Crippen LogP contribution in [0.2, 0.25) is 0 Å². The van der Waals surface area contributed by atoms with Crippen LogP contribution in [0.1, 0.15) is 36.4 Å². The Bertz CT molecular complexity index is 1250. The van der Waals surface area contributed by atoms with Gasteiger partial charge in [-0.05, 0) is 37.5 Å². The van der Waals surface area contributed by atoms with Crippen molar-refractivity contribution in [2.24, 2.45) is 4.99 Å². The van der Waals surface area contributed by atoms with Gasteiger partial charge < -0.3 is 15.2 Å². The third kappa shape index (κ3) is 6.49. The van der Waals surface area contributed by atoms with Gasteiger partial charge in [0.1, 0.15) is 18.0 Å². The van der Waals surface area contributed by atoms with Crippen molar-refractivity contribution >= 4 is 45.0 Å². The number of aromatic nitrogens is 1. The third-order valence-electron chi connectivity index (χ3n) is 6.01. The minimum atomic E-state index is -1.10. The maximum atomic E-state index is 14.5. The number of nitrogens with one attached hydrogen (secondary N) is 1. The molecule has 0 bridgehead atoms. The van der Waals surface area contributed by atoms with E-state index in [1.807, 2.05) is 0 Å². The van der Waals surface area contributed by atoms with Crippen LogP contribution in [0.3, 0.4) is 0 Å². The van der Waals surface area contributed by atoms with E-state index in [1.165, 1.54) is 29.5 Å². The number of carboxylic acids is 1. The van der Waals surface area contributed by atoms with E-state index >= 15 is 0 Å². The number of carboxylic acid groups (broad SMARTS) is 1. The number of halogens is 3. The van der Waals surface area contributed by atoms with Gasteiger partial charge in [-0.3, -0.25) is 9.89 Å². The fourth-order valence-corrected chi connectivity index (χ4v) is 5.53. The highest BCUT2D eigenvalue weighted by molar-refractivity contribution is 9.10. The van der Waals surface area contributed by atoms with Crippen molar-refractivity contribution in [1.29, 1.82) is 0 Å². The first-order valence-corrected chi connectivity index (χ1v) is 13.3. The predicted molar refractivity (Wildman–Crippen MR) is 139 cm³/mol. The molecular weight excluding hydrogens is 570 g/mol. The van der Waals surface area contributed by atoms with Crippen LogP contribution < -0.4 is 5.32 Å². The lowest BCUT2D eigenvalue weighted by Crippen LogP contribution is -2.47. The van der Waals surface area contributed by atoms with Crippen molar-refractivity contribution in [2.45, 2.75) is 38.0 Å². The number of hydrogen-bond donors (Lipinski definition) is 2. The fraction of sp³-hybridized carbons (Fsp3) is 0.360. The molecule has 4 rings (SSSR count). The number of carbonyl (C=O) groups excluding carboxylic acids is 1. The summed E-state index contributed by atoms with van der Waals surface area (Å²) in [7, 11) is 0. The zero-order valence-electron chi connectivity index (χ0n) is 19.9. The number of aliphatic imine (C=N–C) groups is 1. The van der Waals surface area contributed by atoms with E-state index in [0.717, 1.165) is 6.08 Å². The van der Waals surface area contributed by atoms with Gasteiger partial charge >= 0.3 is 11.9 Å². The molecule has 2 aliphatic rings. The topological polar surface area (TPSA) is 104 Å². The second kappa shape index (κ2) is 12.1. The number of esters is 1. The van der Waals surface area contributed by atoms with Crippen LogP contribution in [0, 0.1) is 5.82 Å². The molecule has 1 fully saturated rings. The quantitative estimate of drug-likeness (QED) is 0.345. The van der Waals surface area contributed by atoms with E-state index in [1.54, 1.807) is 29.5 Å². The summed E-state index contributed by atoms with van der Waals surface area (Å²) in [4.78, 5) is 35.3. The number of likely N-dealkylation sites (tertiary alicyclic amines) is 1. The molecule has 0 aliphatic carbocycles. The smallest absolute Gasteiger partial charge is 0.338 e. The maximum absolute atomic E-state index is 14.5. The van der Waals surface area contributed by atoms with Crippen molar-refractivity contribution < 1.29 is 28.2 Å². The van der Waals surface area contributed by atoms with E-state index in [-0.39, 0.29) is 31.3 Å². The Morgan fingerprint density at radius 3 is 2.86 bits per heavy atom. The molecule has 0 spiro atoms. The van der Waals surface area contributed by atoms with Gasteiger partial charge in [0.25, 0.3) is 0 Å². The molecule has 8 nitrogen and oxygen atoms in total. The number of piperidine rings is 1. The number of rotatable bonds is 8. The molecule has 2 aliphatic heterocycles. The van der Waals surface area contributed by atoms with Gasteiger partial charge in [0, 0.05) is 47.0 Å². The highest BCUT2D eigenvalue weighted by Crippen LogP contribution is 2.37. The number of nitrogens with zero attached hydrogens (tertiary/aromatic N) is 3. The zero-order chi connectivity index (χ0) is 26.5. The molecule has 1 aromatic carbocycles. The molecule has 2 N–H and O–H groups in total. The molecule has 3 heterocycles. The number of thiazole rings is 1. The summed E-state index contributed by atoms with van der Waals surface area (Å²) in [6.07, 6.45) is 3.84. The number of hydrogen-bond acceptors (Lipinski definition) is 8. The van der Waals surface area contributed by atoms with Gasteiger partial charge in [0.15, 0.2) is 10.8 Å². The molecule has 0 saturated carbocycles. The fourth-order valence-electron chi connectivity index (χ4n) is 4.38. The minimum Gasteiger partial charge on any atom is -0.478 e. The summed E-state index contributed by atoms with van der Waals surface area (Å²) >= 11 is 4.74. The summed E-state index contributed by atoms with van der Waals surface area (Å²) in [6, 6.07) is 2.92. The molecule has 0 radical (unpaired) electrons. The first-order chi connectivity index (χ1) is 17.8. The number of aliphatic carboxylic acids is 1. The lowest BCUT2D eigenvalue weighted by Gasteiger charge is -2.37. The van der Waals surface area contributed by atoms with Gasteiger partial charge in [-0.2, -0.15) is 0 Å². The molecular formula is C25H25BrF2N4O4S. The molecule has 1 aromatic heterocycles. The Balaban J connectivity index is 1.82. The Labute approximate surface area is 224 Å². The average molecular weight is 595 g/mol. The standard InChI is InChI=1S/C25H25BrF2N4O4S/c1-2-36-25(35)21-19(13-32-12-15(28)3-5-16(32)6-8-20(33)34)30-23(24-29-9-10-37-24)31-22(21)17-7-4-14(27)11-18(17)26/h4,6-11,15-16,22H,2-3,5,12-13H2,1H3,(H,30,31)(H,33,34)/b8-6+/t15?,16?,22-/m0/s1. The Morgan fingerprint density at radius 1 is 1.38 bits per heavy atom. The Morgan fingerprint density at radius 2 is 2.19 bits per heavy atom. The monoisotopic (exact) mass is 594 g/mol. The van der Waals surface area contributed by atoms with Crippen molar-refractivity contribution in [3.63, 3.8) is 0 Å². The van der Waals surface area contributed by atoms with Crippen molar-refractivity contribution in [2.75, 3.05) is 19.7 Å². The van der Waals surface area contributed by atoms with E-state index in [4.69, 9.17) is 14.8 Å². The van der Waals surface area contributed by atoms with Crippen LogP contribution in [-0.2, 0) is 14.3 Å². The molecule has 196 valence electrons. The summed E-state index contributed by atoms with van der Waals surface area (Å²) < 4.78 is 34.2. The molecule has 12 heteroatoms. The SMILES string of the molecule is CCOC(=O)C1=C(CN2CC(F)CCC2/C=C/C(=O)O)NC(c2nccs2)=N[C@H]1c1ccc(F)cc1Br. The third-order valence-corrected chi connectivity index (χ3v) is 7.48. The number of ether oxygens (including phenoxy) is 1. The van der Waals surface area contributed by atoms with Crippen LogP contribution in [0.5, 0.6) is 0 Å². The molecule has 37 heavy (non-hydrogen) atoms. The summed E-state index contributed by atoms with van der Waals surface area (Å²) in [5.41, 5.74) is 1.18. The van der Waals surface area contributed by atoms with Crippen molar-refractivity contribution in [3.05, 3.63) is 74.1 Å². The molecule has 2 unspecified atom stereocenters. The largest absolute Gasteiger partial charge is 0.478 e. The van der Waals surface area contributed by atoms with Crippen molar-refractivity contribution in [3.8, 4) is 0 Å². The van der Waals surface area contributed by atoms with E-state index in [2.05, 4.69) is 26.2 Å². The van der Waals surface area contributed by atoms with Crippen LogP contribution in [0.25, 0.3) is 0 Å². The average Bonchev–Trinajstić information content (AvgIpc) is 3.38. The van der Waals surface area contributed by atoms with Crippen molar-refractivity contribution in [1.82, 2.24) is 15.2 Å². The van der Waals surface area contributed by atoms with Crippen LogP contribution in [0.15, 0.2) is 62.7 Å². The van der Waals surface area contributed by atoms with Gasteiger partial charge in [-0.1, -0.05) is 28.1 Å². The summed E-state index contributed by atoms with van der Waals surface area (Å²) in [5.74, 6) is -1.75. The second-order valence-electron chi connectivity index (χ2n) is 8.49. The highest BCUT2D eigenvalue weighted by Gasteiger charge is 2.36. The number of amidine groups is 1. The first kappa shape index (κ1) is 27.1. The lowest BCUT2D eigenvalue weighted by atomic mass is 9.94. The lowest BCUT2D eigenvalue weighted by molar-refractivity contribution is -0.139. The van der Waals surface area contributed by atoms with Crippen LogP contribution >= 0.6 is 27.3 Å². The number of alkyl halides is 1. The second-order valence-corrected chi connectivity index (χ2v) is 10.2. The van der Waals surface area contributed by atoms with Gasteiger partial charge in [0.2, 0.25) is 0 Å². The van der Waals surface area contributed by atoms with Gasteiger partial charge in [0.05, 0.1) is 12.2 Å².